The number of nitrogens with zero attached hydrogens (tertiary/aromatic N) is 1. The number of hydrogen-bond acceptors (Lipinski definition) is 5. The van der Waals surface area contributed by atoms with E-state index in [4.69, 9.17) is 5.73 Å². The highest BCUT2D eigenvalue weighted by molar-refractivity contribution is 5.85. The van der Waals surface area contributed by atoms with Gasteiger partial charge in [-0.1, -0.05) is 24.3 Å². The Hall–Kier alpha value is -2.80. The standard InChI is InChI=1S/C19H24N4O3.ClH/c1-14-7-9-17(18(13-14)23(25)26)21-11-4-12-22-19(24)10-8-15-5-2-3-6-16(15)20;/h2-3,5-7,9,13,21H,4,8,10-12,20H2,1H3,(H,22,24);1H. The van der Waals surface area contributed by atoms with E-state index >= 15 is 0 Å². The molecule has 0 fully saturated rings. The summed E-state index contributed by atoms with van der Waals surface area (Å²) in [6.45, 7) is 2.86. The number of nitro groups is 1. The summed E-state index contributed by atoms with van der Waals surface area (Å²) < 4.78 is 0. The molecule has 7 nitrogen and oxygen atoms in total. The molecule has 0 atom stereocenters. The van der Waals surface area contributed by atoms with E-state index in [1.54, 1.807) is 12.1 Å². The maximum absolute atomic E-state index is 11.9. The first-order chi connectivity index (χ1) is 12.5. The molecule has 0 saturated carbocycles. The molecule has 1 amide bonds. The fourth-order valence-corrected chi connectivity index (χ4v) is 2.58. The molecule has 0 radical (unpaired) electrons. The van der Waals surface area contributed by atoms with Crippen LogP contribution in [0.4, 0.5) is 17.1 Å². The van der Waals surface area contributed by atoms with E-state index in [2.05, 4.69) is 10.6 Å². The summed E-state index contributed by atoms with van der Waals surface area (Å²) in [5.74, 6) is -0.0328. The zero-order valence-electron chi connectivity index (χ0n) is 15.2. The van der Waals surface area contributed by atoms with Gasteiger partial charge in [0.05, 0.1) is 4.92 Å². The minimum atomic E-state index is -0.396. The van der Waals surface area contributed by atoms with E-state index < -0.39 is 4.92 Å². The number of hydrogen-bond donors (Lipinski definition) is 3. The SMILES string of the molecule is Cc1ccc(NCCCNC(=O)CCc2ccccc2N)c([N+](=O)[O-])c1.Cl. The van der Waals surface area contributed by atoms with Crippen LogP contribution < -0.4 is 16.4 Å². The lowest BCUT2D eigenvalue weighted by Gasteiger charge is -2.09. The number of benzene rings is 2. The molecule has 0 bridgehead atoms. The number of halogens is 1. The molecule has 2 rings (SSSR count). The molecular weight excluding hydrogens is 368 g/mol. The van der Waals surface area contributed by atoms with E-state index in [0.29, 0.717) is 43.7 Å². The predicted molar refractivity (Wildman–Crippen MR) is 110 cm³/mol. The van der Waals surface area contributed by atoms with Crippen molar-refractivity contribution in [3.63, 3.8) is 0 Å². The van der Waals surface area contributed by atoms with Crippen LogP contribution in [0.5, 0.6) is 0 Å². The van der Waals surface area contributed by atoms with Gasteiger partial charge in [0, 0.05) is 31.3 Å². The van der Waals surface area contributed by atoms with E-state index in [9.17, 15) is 14.9 Å². The Balaban J connectivity index is 0.00000364. The number of nitrogens with two attached hydrogens (primary N) is 1. The topological polar surface area (TPSA) is 110 Å². The van der Waals surface area contributed by atoms with Gasteiger partial charge in [-0.3, -0.25) is 14.9 Å². The molecule has 8 heteroatoms. The lowest BCUT2D eigenvalue weighted by Crippen LogP contribution is -2.26. The molecule has 0 aliphatic carbocycles. The molecule has 4 N–H and O–H groups in total. The molecule has 0 heterocycles. The van der Waals surface area contributed by atoms with Crippen LogP contribution in [-0.2, 0) is 11.2 Å². The van der Waals surface area contributed by atoms with Gasteiger partial charge >= 0.3 is 0 Å². The number of carbonyl (C=O) groups excluding carboxylic acids is 1. The Kier molecular flexibility index (Phi) is 9.08. The monoisotopic (exact) mass is 392 g/mol. The highest BCUT2D eigenvalue weighted by Crippen LogP contribution is 2.25. The molecule has 0 aliphatic rings. The zero-order chi connectivity index (χ0) is 18.9. The molecule has 0 aromatic heterocycles. The Morgan fingerprint density at radius 1 is 1.19 bits per heavy atom. The van der Waals surface area contributed by atoms with Crippen LogP contribution in [0, 0.1) is 17.0 Å². The normalized spacial score (nSPS) is 9.96. The van der Waals surface area contributed by atoms with Crippen molar-refractivity contribution >= 4 is 35.4 Å². The summed E-state index contributed by atoms with van der Waals surface area (Å²) in [6.07, 6.45) is 1.65. The van der Waals surface area contributed by atoms with Crippen molar-refractivity contribution in [3.8, 4) is 0 Å². The van der Waals surface area contributed by atoms with Crippen molar-refractivity contribution in [2.45, 2.75) is 26.2 Å². The number of amides is 1. The van der Waals surface area contributed by atoms with Crippen molar-refractivity contribution in [1.82, 2.24) is 5.32 Å². The third-order valence-corrected chi connectivity index (χ3v) is 4.02. The maximum atomic E-state index is 11.9. The molecule has 0 spiro atoms. The van der Waals surface area contributed by atoms with E-state index in [-0.39, 0.29) is 24.0 Å². The number of anilines is 2. The number of rotatable bonds is 9. The number of carbonyl (C=O) groups is 1. The highest BCUT2D eigenvalue weighted by Gasteiger charge is 2.13. The first-order valence-corrected chi connectivity index (χ1v) is 8.56. The summed E-state index contributed by atoms with van der Waals surface area (Å²) in [6, 6.07) is 12.6. The quantitative estimate of drug-likeness (QED) is 0.262. The van der Waals surface area contributed by atoms with Gasteiger partial charge in [-0.15, -0.1) is 12.4 Å². The van der Waals surface area contributed by atoms with Crippen molar-refractivity contribution in [2.24, 2.45) is 0 Å². The Bertz CT molecular complexity index is 783. The van der Waals surface area contributed by atoms with Crippen molar-refractivity contribution in [1.29, 1.82) is 0 Å². The van der Waals surface area contributed by atoms with Crippen molar-refractivity contribution in [2.75, 3.05) is 24.1 Å². The van der Waals surface area contributed by atoms with Crippen LogP contribution in [0.25, 0.3) is 0 Å². The molecule has 0 saturated heterocycles. The van der Waals surface area contributed by atoms with Crippen LogP contribution in [0.1, 0.15) is 24.0 Å². The molecule has 0 unspecified atom stereocenters. The first kappa shape index (κ1) is 22.2. The fraction of sp³-hybridized carbons (Fsp3) is 0.316. The Morgan fingerprint density at radius 3 is 2.63 bits per heavy atom. The van der Waals surface area contributed by atoms with Gasteiger partial charge in [-0.25, -0.2) is 0 Å². The summed E-state index contributed by atoms with van der Waals surface area (Å²) in [5, 5.41) is 17.0. The molecule has 2 aromatic rings. The minimum Gasteiger partial charge on any atom is -0.399 e. The Morgan fingerprint density at radius 2 is 1.93 bits per heavy atom. The van der Waals surface area contributed by atoms with E-state index in [1.165, 1.54) is 0 Å². The van der Waals surface area contributed by atoms with Gasteiger partial charge in [0.2, 0.25) is 5.91 Å². The van der Waals surface area contributed by atoms with Crippen LogP contribution in [-0.4, -0.2) is 23.9 Å². The minimum absolute atomic E-state index is 0. The summed E-state index contributed by atoms with van der Waals surface area (Å²) >= 11 is 0. The molecule has 27 heavy (non-hydrogen) atoms. The third kappa shape index (κ3) is 7.15. The van der Waals surface area contributed by atoms with Gasteiger partial charge < -0.3 is 16.4 Å². The molecule has 146 valence electrons. The predicted octanol–water partition coefficient (Wildman–Crippen LogP) is 3.46. The van der Waals surface area contributed by atoms with Crippen LogP contribution in [0.3, 0.4) is 0 Å². The second kappa shape index (κ2) is 11.0. The molecule has 2 aromatic carbocycles. The number of para-hydroxylation sites is 1. The number of aryl methyl sites for hydroxylation is 2. The lowest BCUT2D eigenvalue weighted by molar-refractivity contribution is -0.384. The van der Waals surface area contributed by atoms with Crippen LogP contribution in [0.15, 0.2) is 42.5 Å². The van der Waals surface area contributed by atoms with Gasteiger partial charge in [0.1, 0.15) is 5.69 Å². The van der Waals surface area contributed by atoms with Crippen molar-refractivity contribution < 1.29 is 9.72 Å². The second-order valence-corrected chi connectivity index (χ2v) is 6.11. The average Bonchev–Trinajstić information content (AvgIpc) is 2.61. The number of nitrogen functional groups attached to an aromatic ring is 1. The highest BCUT2D eigenvalue weighted by atomic mass is 35.5. The van der Waals surface area contributed by atoms with Gasteiger partial charge in [0.25, 0.3) is 5.69 Å². The molecule has 0 aliphatic heterocycles. The fourth-order valence-electron chi connectivity index (χ4n) is 2.58. The lowest BCUT2D eigenvalue weighted by atomic mass is 10.1. The maximum Gasteiger partial charge on any atom is 0.292 e. The van der Waals surface area contributed by atoms with Crippen molar-refractivity contribution in [3.05, 3.63) is 63.7 Å². The van der Waals surface area contributed by atoms with E-state index in [0.717, 1.165) is 11.1 Å². The average molecular weight is 393 g/mol. The second-order valence-electron chi connectivity index (χ2n) is 6.11. The van der Waals surface area contributed by atoms with Gasteiger partial charge in [-0.2, -0.15) is 0 Å². The number of nitrogens with one attached hydrogen (secondary N) is 2. The van der Waals surface area contributed by atoms with Crippen LogP contribution >= 0.6 is 12.4 Å². The largest absolute Gasteiger partial charge is 0.399 e. The molecular formula is C19H25ClN4O3. The summed E-state index contributed by atoms with van der Waals surface area (Å²) in [5.41, 5.74) is 8.92. The first-order valence-electron chi connectivity index (χ1n) is 8.56. The van der Waals surface area contributed by atoms with Gasteiger partial charge in [-0.05, 0) is 43.0 Å². The Labute approximate surface area is 164 Å². The zero-order valence-corrected chi connectivity index (χ0v) is 16.1. The van der Waals surface area contributed by atoms with Crippen LogP contribution in [0.2, 0.25) is 0 Å². The van der Waals surface area contributed by atoms with E-state index in [1.807, 2.05) is 37.3 Å². The summed E-state index contributed by atoms with van der Waals surface area (Å²) in [4.78, 5) is 22.5. The van der Waals surface area contributed by atoms with Gasteiger partial charge in [0.15, 0.2) is 0 Å². The number of nitro benzene ring substituents is 1. The third-order valence-electron chi connectivity index (χ3n) is 4.02. The smallest absolute Gasteiger partial charge is 0.292 e. The summed E-state index contributed by atoms with van der Waals surface area (Å²) in [7, 11) is 0.